The van der Waals surface area contributed by atoms with Gasteiger partial charge >= 0.3 is 0 Å². The molecular weight excluding hydrogens is 517 g/mol. The van der Waals surface area contributed by atoms with Crippen LogP contribution in [0, 0.1) is 18.3 Å². The Labute approximate surface area is 241 Å². The van der Waals surface area contributed by atoms with E-state index in [9.17, 15) is 0 Å². The Kier molecular flexibility index (Phi) is 13.4. The molecule has 1 aliphatic rings. The minimum atomic E-state index is -2.00. The quantitative estimate of drug-likeness (QED) is 0.104. The summed E-state index contributed by atoms with van der Waals surface area (Å²) in [5.74, 6) is 4.25. The van der Waals surface area contributed by atoms with Crippen molar-refractivity contribution in [1.29, 1.82) is 0 Å². The monoisotopic (exact) mass is 578 g/mol. The van der Waals surface area contributed by atoms with Crippen molar-refractivity contribution in [3.63, 3.8) is 0 Å². The third kappa shape index (κ3) is 10.1. The zero-order valence-corrected chi connectivity index (χ0v) is 30.5. The number of hydrogen-bond acceptors (Lipinski definition) is 3. The molecule has 0 aliphatic heterocycles. The second-order valence-corrected chi connectivity index (χ2v) is 28.1. The molecule has 0 saturated carbocycles. The summed E-state index contributed by atoms with van der Waals surface area (Å²) >= 11 is 0. The summed E-state index contributed by atoms with van der Waals surface area (Å²) in [4.78, 5) is 0. The van der Waals surface area contributed by atoms with E-state index in [0.29, 0.717) is 6.42 Å². The molecule has 1 rings (SSSR count). The Morgan fingerprint density at radius 3 is 2.00 bits per heavy atom. The van der Waals surface area contributed by atoms with E-state index in [-0.39, 0.29) is 22.7 Å². The molecule has 0 aromatic rings. The molecule has 0 spiro atoms. The second-order valence-electron chi connectivity index (χ2n) is 14.2. The first-order valence-corrected chi connectivity index (χ1v) is 24.2. The summed E-state index contributed by atoms with van der Waals surface area (Å²) in [6, 6.07) is 3.44. The van der Waals surface area contributed by atoms with Crippen molar-refractivity contribution in [2.24, 2.45) is 5.92 Å². The van der Waals surface area contributed by atoms with Crippen molar-refractivity contribution in [1.82, 2.24) is 0 Å². The Morgan fingerprint density at radius 2 is 1.55 bits per heavy atom. The van der Waals surface area contributed by atoms with Gasteiger partial charge in [-0.2, -0.15) is 0 Å². The SMILES string of the molecule is C#CCC1=C(O[Si](C)(C)C(C)(C)C)C[C@@H](O[Si](CC)(CC)CC)[C@@H]1/C=C/CC(C)(CCCC)O[Si](C)(C)C. The highest BCUT2D eigenvalue weighted by Gasteiger charge is 2.45. The lowest BCUT2D eigenvalue weighted by Crippen LogP contribution is -2.42. The van der Waals surface area contributed by atoms with Crippen molar-refractivity contribution >= 4 is 25.0 Å². The molecule has 0 radical (unpaired) electrons. The lowest BCUT2D eigenvalue weighted by molar-refractivity contribution is 0.0712. The maximum absolute atomic E-state index is 7.18. The van der Waals surface area contributed by atoms with Crippen LogP contribution in [0.2, 0.25) is 55.9 Å². The van der Waals surface area contributed by atoms with Gasteiger partial charge in [0.2, 0.25) is 8.32 Å². The van der Waals surface area contributed by atoms with Crippen molar-refractivity contribution in [2.75, 3.05) is 0 Å². The van der Waals surface area contributed by atoms with Gasteiger partial charge in [-0.25, -0.2) is 0 Å². The zero-order valence-electron chi connectivity index (χ0n) is 27.5. The average Bonchev–Trinajstić information content (AvgIpc) is 3.09. The van der Waals surface area contributed by atoms with E-state index in [0.717, 1.165) is 43.2 Å². The zero-order chi connectivity index (χ0) is 29.4. The Balaban J connectivity index is 3.46. The van der Waals surface area contributed by atoms with E-state index in [1.807, 2.05) is 0 Å². The van der Waals surface area contributed by atoms with Crippen LogP contribution in [0.4, 0.5) is 0 Å². The fourth-order valence-corrected chi connectivity index (χ4v) is 11.0. The normalized spacial score (nSPS) is 21.2. The van der Waals surface area contributed by atoms with Crippen LogP contribution in [0.5, 0.6) is 0 Å². The molecule has 0 aromatic heterocycles. The van der Waals surface area contributed by atoms with Crippen molar-refractivity contribution < 1.29 is 13.3 Å². The van der Waals surface area contributed by atoms with Crippen LogP contribution in [0.15, 0.2) is 23.5 Å². The number of hydrogen-bond donors (Lipinski definition) is 0. The molecule has 3 nitrogen and oxygen atoms in total. The number of terminal acetylenes is 1. The largest absolute Gasteiger partial charge is 0.546 e. The van der Waals surface area contributed by atoms with Gasteiger partial charge in [0, 0.05) is 18.8 Å². The van der Waals surface area contributed by atoms with Crippen LogP contribution in [0.1, 0.15) is 93.9 Å². The van der Waals surface area contributed by atoms with Crippen LogP contribution >= 0.6 is 0 Å². The van der Waals surface area contributed by atoms with Crippen LogP contribution in [-0.4, -0.2) is 36.7 Å². The molecule has 0 aromatic carbocycles. The van der Waals surface area contributed by atoms with Gasteiger partial charge in [0.15, 0.2) is 16.6 Å². The molecule has 1 unspecified atom stereocenters. The van der Waals surface area contributed by atoms with Gasteiger partial charge in [-0.05, 0) is 81.2 Å². The standard InChI is InChI=1S/C32H62O3Si3/c1-15-20-24-32(9,35-36(10,11)12)25-21-23-28-27(22-16-2)29(33-37(13,14)31(6,7)8)26-30(28)34-38(17-3,18-4)19-5/h2,21,23,28,30H,15,17-20,22,24-26H2,1,3-14H3/b23-21+/t28-,30-,32?/m1/s1. The maximum atomic E-state index is 7.18. The molecular formula is C32H62O3Si3. The van der Waals surface area contributed by atoms with Crippen molar-refractivity contribution in [3.05, 3.63) is 23.5 Å². The molecule has 6 heteroatoms. The van der Waals surface area contributed by atoms with Crippen LogP contribution in [-0.2, 0) is 13.3 Å². The van der Waals surface area contributed by atoms with Gasteiger partial charge in [-0.3, -0.25) is 0 Å². The maximum Gasteiger partial charge on any atom is 0.250 e. The molecule has 1 aliphatic carbocycles. The molecule has 3 atom stereocenters. The van der Waals surface area contributed by atoms with Crippen LogP contribution < -0.4 is 0 Å². The highest BCUT2D eigenvalue weighted by molar-refractivity contribution is 6.74. The van der Waals surface area contributed by atoms with Gasteiger partial charge < -0.3 is 13.3 Å². The van der Waals surface area contributed by atoms with Crippen molar-refractivity contribution in [3.8, 4) is 12.3 Å². The molecule has 0 amide bonds. The number of rotatable bonds is 16. The molecule has 0 fully saturated rings. The summed E-state index contributed by atoms with van der Waals surface area (Å²) in [6.07, 6.45) is 16.7. The van der Waals surface area contributed by atoms with E-state index >= 15 is 0 Å². The smallest absolute Gasteiger partial charge is 0.250 e. The van der Waals surface area contributed by atoms with E-state index < -0.39 is 25.0 Å². The first kappa shape index (κ1) is 35.4. The first-order valence-electron chi connectivity index (χ1n) is 15.3. The van der Waals surface area contributed by atoms with E-state index in [2.05, 4.69) is 106 Å². The highest BCUT2D eigenvalue weighted by atomic mass is 28.4. The molecule has 220 valence electrons. The van der Waals surface area contributed by atoms with Gasteiger partial charge in [0.05, 0.1) is 17.5 Å². The topological polar surface area (TPSA) is 27.7 Å². The fraction of sp³-hybridized carbons (Fsp3) is 0.812. The highest BCUT2D eigenvalue weighted by Crippen LogP contribution is 2.45. The summed E-state index contributed by atoms with van der Waals surface area (Å²) in [5, 5.41) is 0.134. The van der Waals surface area contributed by atoms with E-state index in [4.69, 9.17) is 19.7 Å². The van der Waals surface area contributed by atoms with Gasteiger partial charge in [-0.1, -0.05) is 73.5 Å². The summed E-state index contributed by atoms with van der Waals surface area (Å²) in [7, 11) is -5.47. The molecule has 0 bridgehead atoms. The molecule has 0 saturated heterocycles. The molecule has 0 heterocycles. The predicted octanol–water partition coefficient (Wildman–Crippen LogP) is 10.4. The van der Waals surface area contributed by atoms with Crippen LogP contribution in [0.3, 0.4) is 0 Å². The molecule has 38 heavy (non-hydrogen) atoms. The van der Waals surface area contributed by atoms with Crippen molar-refractivity contribution in [2.45, 2.75) is 162 Å². The molecule has 0 N–H and O–H groups in total. The number of unbranched alkanes of at least 4 members (excludes halogenated alkanes) is 1. The summed E-state index contributed by atoms with van der Waals surface area (Å²) in [5.41, 5.74) is 1.14. The summed E-state index contributed by atoms with van der Waals surface area (Å²) < 4.78 is 20.9. The average molecular weight is 579 g/mol. The predicted molar refractivity (Wildman–Crippen MR) is 175 cm³/mol. The van der Waals surface area contributed by atoms with Gasteiger partial charge in [-0.15, -0.1) is 12.3 Å². The van der Waals surface area contributed by atoms with E-state index in [1.165, 1.54) is 18.4 Å². The third-order valence-electron chi connectivity index (χ3n) is 8.86. The van der Waals surface area contributed by atoms with Gasteiger partial charge in [0.1, 0.15) is 0 Å². The fourth-order valence-electron chi connectivity index (χ4n) is 5.37. The van der Waals surface area contributed by atoms with Gasteiger partial charge in [0.25, 0.3) is 0 Å². The minimum Gasteiger partial charge on any atom is -0.546 e. The first-order chi connectivity index (χ1) is 17.4. The Bertz CT molecular complexity index is 829. The second kappa shape index (κ2) is 14.3. The minimum absolute atomic E-state index is 0.112. The Morgan fingerprint density at radius 1 is 0.974 bits per heavy atom. The Hall–Kier alpha value is -0.589. The third-order valence-corrected chi connectivity index (χ3v) is 19.0. The lowest BCUT2D eigenvalue weighted by atomic mass is 9.92. The van der Waals surface area contributed by atoms with E-state index in [1.54, 1.807) is 0 Å². The lowest BCUT2D eigenvalue weighted by Gasteiger charge is -2.37. The summed E-state index contributed by atoms with van der Waals surface area (Å²) in [6.45, 7) is 30.0. The van der Waals surface area contributed by atoms with Crippen LogP contribution in [0.25, 0.3) is 0 Å².